The van der Waals surface area contributed by atoms with E-state index in [9.17, 15) is 19.3 Å². The molecule has 1 aliphatic rings. The van der Waals surface area contributed by atoms with Crippen LogP contribution in [0.4, 0.5) is 15.8 Å². The van der Waals surface area contributed by atoms with E-state index in [1.54, 1.807) is 36.4 Å². The molecular weight excluding hydrogens is 571 g/mol. The van der Waals surface area contributed by atoms with Crippen molar-refractivity contribution in [2.24, 2.45) is 0 Å². The first-order chi connectivity index (χ1) is 17.3. The standard InChI is InChI=1S/C25H18BrFN2O5S2/c1-2-33-21-11-16(10-20(26)23(21)34-14-15-6-8-18(9-7-15)29(31)32)12-22-24(30)28(25(35)36-22)19-5-3-4-17(27)13-19/h3-13H,2,14H2,1H3/b22-12-. The third-order valence-electron chi connectivity index (χ3n) is 5.02. The number of carbonyl (C=O) groups is 1. The number of halogens is 2. The SMILES string of the molecule is CCOc1cc(/C=C2\SC(=S)N(c3cccc(F)c3)C2=O)cc(Br)c1OCc1ccc([N+](=O)[O-])cc1. The van der Waals surface area contributed by atoms with Crippen LogP contribution in [0.25, 0.3) is 6.08 Å². The van der Waals surface area contributed by atoms with Gasteiger partial charge in [-0.05, 0) is 82.5 Å². The molecule has 7 nitrogen and oxygen atoms in total. The Balaban J connectivity index is 1.57. The number of benzene rings is 3. The summed E-state index contributed by atoms with van der Waals surface area (Å²) < 4.78 is 26.3. The number of thiocarbonyl (C=S) groups is 1. The summed E-state index contributed by atoms with van der Waals surface area (Å²) in [7, 11) is 0. The number of carbonyl (C=O) groups excluding carboxylic acids is 1. The number of nitro groups is 1. The molecule has 11 heteroatoms. The molecule has 0 spiro atoms. The third-order valence-corrected chi connectivity index (χ3v) is 6.91. The van der Waals surface area contributed by atoms with Crippen LogP contribution < -0.4 is 14.4 Å². The largest absolute Gasteiger partial charge is 0.490 e. The number of hydrogen-bond acceptors (Lipinski definition) is 7. The fourth-order valence-electron chi connectivity index (χ4n) is 3.40. The highest BCUT2D eigenvalue weighted by Crippen LogP contribution is 2.40. The number of anilines is 1. The summed E-state index contributed by atoms with van der Waals surface area (Å²) in [5.41, 5.74) is 1.79. The van der Waals surface area contributed by atoms with Crippen LogP contribution >= 0.6 is 39.9 Å². The quantitative estimate of drug-likeness (QED) is 0.123. The molecule has 0 N–H and O–H groups in total. The molecule has 0 radical (unpaired) electrons. The lowest BCUT2D eigenvalue weighted by molar-refractivity contribution is -0.384. The zero-order valence-corrected chi connectivity index (χ0v) is 22.0. The maximum atomic E-state index is 13.7. The van der Waals surface area contributed by atoms with Crippen LogP contribution in [0, 0.1) is 15.9 Å². The first kappa shape index (κ1) is 25.8. The van der Waals surface area contributed by atoms with Gasteiger partial charge in [-0.15, -0.1) is 0 Å². The maximum Gasteiger partial charge on any atom is 0.270 e. The van der Waals surface area contributed by atoms with Gasteiger partial charge in [-0.25, -0.2) is 4.39 Å². The summed E-state index contributed by atoms with van der Waals surface area (Å²) in [5, 5.41) is 10.8. The van der Waals surface area contributed by atoms with Crippen molar-refractivity contribution in [3.63, 3.8) is 0 Å². The average Bonchev–Trinajstić information content (AvgIpc) is 3.11. The van der Waals surface area contributed by atoms with E-state index in [4.69, 9.17) is 21.7 Å². The number of nitro benzene ring substituents is 1. The highest BCUT2D eigenvalue weighted by Gasteiger charge is 2.33. The molecule has 0 unspecified atom stereocenters. The molecule has 3 aromatic rings. The Morgan fingerprint density at radius 1 is 1.17 bits per heavy atom. The number of ether oxygens (including phenoxy) is 2. The minimum atomic E-state index is -0.459. The summed E-state index contributed by atoms with van der Waals surface area (Å²) in [4.78, 5) is 25.1. The van der Waals surface area contributed by atoms with E-state index in [1.807, 2.05) is 6.92 Å². The number of rotatable bonds is 8. The summed E-state index contributed by atoms with van der Waals surface area (Å²) in [6.45, 7) is 2.39. The average molecular weight is 589 g/mol. The number of non-ortho nitro benzene ring substituents is 1. The van der Waals surface area contributed by atoms with Crippen LogP contribution in [-0.2, 0) is 11.4 Å². The zero-order chi connectivity index (χ0) is 25.8. The molecule has 0 aromatic heterocycles. The molecule has 1 amide bonds. The zero-order valence-electron chi connectivity index (χ0n) is 18.8. The van der Waals surface area contributed by atoms with Crippen molar-refractivity contribution in [2.75, 3.05) is 11.5 Å². The first-order valence-corrected chi connectivity index (χ1v) is 12.6. The first-order valence-electron chi connectivity index (χ1n) is 10.6. The van der Waals surface area contributed by atoms with Gasteiger partial charge in [-0.3, -0.25) is 19.8 Å². The van der Waals surface area contributed by atoms with E-state index >= 15 is 0 Å². The molecule has 1 fully saturated rings. The molecule has 0 aliphatic carbocycles. The fourth-order valence-corrected chi connectivity index (χ4v) is 5.27. The van der Waals surface area contributed by atoms with Gasteiger partial charge in [-0.2, -0.15) is 0 Å². The number of hydrogen-bond donors (Lipinski definition) is 0. The van der Waals surface area contributed by atoms with Crippen LogP contribution in [-0.4, -0.2) is 21.8 Å². The van der Waals surface area contributed by atoms with Gasteiger partial charge in [0.05, 0.1) is 26.6 Å². The molecule has 36 heavy (non-hydrogen) atoms. The summed E-state index contributed by atoms with van der Waals surface area (Å²) >= 11 is 10.0. The third kappa shape index (κ3) is 5.75. The number of thioether (sulfide) groups is 1. The van der Waals surface area contributed by atoms with Crippen molar-refractivity contribution in [3.8, 4) is 11.5 Å². The Labute approximate surface area is 224 Å². The molecule has 0 atom stereocenters. The normalized spacial score (nSPS) is 14.4. The smallest absolute Gasteiger partial charge is 0.270 e. The Morgan fingerprint density at radius 2 is 1.92 bits per heavy atom. The summed E-state index contributed by atoms with van der Waals surface area (Å²) in [6, 6.07) is 15.3. The predicted octanol–water partition coefficient (Wildman–Crippen LogP) is 6.88. The molecule has 1 aliphatic heterocycles. The minimum absolute atomic E-state index is 0.00195. The van der Waals surface area contributed by atoms with Crippen molar-refractivity contribution in [3.05, 3.63) is 97.1 Å². The van der Waals surface area contributed by atoms with Gasteiger partial charge < -0.3 is 9.47 Å². The van der Waals surface area contributed by atoms with E-state index < -0.39 is 10.7 Å². The van der Waals surface area contributed by atoms with Gasteiger partial charge >= 0.3 is 0 Å². The second kappa shape index (κ2) is 11.2. The van der Waals surface area contributed by atoms with Gasteiger partial charge in [0.1, 0.15) is 12.4 Å². The fraction of sp³-hybridized carbons (Fsp3) is 0.120. The molecular formula is C25H18BrFN2O5S2. The van der Waals surface area contributed by atoms with E-state index in [2.05, 4.69) is 15.9 Å². The van der Waals surface area contributed by atoms with Gasteiger partial charge in [0, 0.05) is 12.1 Å². The van der Waals surface area contributed by atoms with Crippen molar-refractivity contribution in [1.82, 2.24) is 0 Å². The van der Waals surface area contributed by atoms with E-state index in [0.29, 0.717) is 43.1 Å². The van der Waals surface area contributed by atoms with Gasteiger partial charge in [0.2, 0.25) is 0 Å². The second-order valence-electron chi connectivity index (χ2n) is 7.47. The lowest BCUT2D eigenvalue weighted by Gasteiger charge is -2.15. The van der Waals surface area contributed by atoms with Crippen LogP contribution in [0.5, 0.6) is 11.5 Å². The monoisotopic (exact) mass is 588 g/mol. The molecule has 1 heterocycles. The van der Waals surface area contributed by atoms with Gasteiger partial charge in [-0.1, -0.05) is 30.0 Å². The van der Waals surface area contributed by atoms with Crippen molar-refractivity contribution >= 4 is 67.6 Å². The maximum absolute atomic E-state index is 13.7. The van der Waals surface area contributed by atoms with Crippen LogP contribution in [0.3, 0.4) is 0 Å². The lowest BCUT2D eigenvalue weighted by Crippen LogP contribution is -2.27. The molecule has 1 saturated heterocycles. The number of nitrogens with zero attached hydrogens (tertiary/aromatic N) is 2. The molecule has 184 valence electrons. The molecule has 0 bridgehead atoms. The van der Waals surface area contributed by atoms with Crippen LogP contribution in [0.15, 0.2) is 70.0 Å². The topological polar surface area (TPSA) is 81.9 Å². The summed E-state index contributed by atoms with van der Waals surface area (Å²) in [5.74, 6) is 0.114. The highest BCUT2D eigenvalue weighted by atomic mass is 79.9. The van der Waals surface area contributed by atoms with E-state index in [1.165, 1.54) is 35.2 Å². The highest BCUT2D eigenvalue weighted by molar-refractivity contribution is 9.10. The van der Waals surface area contributed by atoms with Crippen LogP contribution in [0.2, 0.25) is 0 Å². The minimum Gasteiger partial charge on any atom is -0.490 e. The van der Waals surface area contributed by atoms with E-state index in [-0.39, 0.29) is 18.2 Å². The van der Waals surface area contributed by atoms with Gasteiger partial charge in [0.15, 0.2) is 15.8 Å². The van der Waals surface area contributed by atoms with Crippen molar-refractivity contribution in [1.29, 1.82) is 0 Å². The second-order valence-corrected chi connectivity index (χ2v) is 10.0. The Kier molecular flexibility index (Phi) is 8.02. The number of amides is 1. The molecule has 4 rings (SSSR count). The predicted molar refractivity (Wildman–Crippen MR) is 145 cm³/mol. The van der Waals surface area contributed by atoms with Crippen LogP contribution in [0.1, 0.15) is 18.1 Å². The Bertz CT molecular complexity index is 1380. The molecule has 3 aromatic carbocycles. The van der Waals surface area contributed by atoms with Crippen molar-refractivity contribution < 1.29 is 23.6 Å². The van der Waals surface area contributed by atoms with Crippen molar-refractivity contribution in [2.45, 2.75) is 13.5 Å². The van der Waals surface area contributed by atoms with E-state index in [0.717, 1.165) is 17.3 Å². The lowest BCUT2D eigenvalue weighted by atomic mass is 10.1. The summed E-state index contributed by atoms with van der Waals surface area (Å²) in [6.07, 6.45) is 1.69. The Hall–Kier alpha value is -3.28. The Morgan fingerprint density at radius 3 is 2.58 bits per heavy atom. The molecule has 0 saturated carbocycles. The van der Waals surface area contributed by atoms with Gasteiger partial charge in [0.25, 0.3) is 11.6 Å².